The number of rotatable bonds is 3. The van der Waals surface area contributed by atoms with Crippen molar-refractivity contribution in [1.29, 1.82) is 0 Å². The third-order valence-electron chi connectivity index (χ3n) is 2.86. The minimum Gasteiger partial charge on any atom is -0.309 e. The van der Waals surface area contributed by atoms with E-state index in [0.717, 1.165) is 25.3 Å². The molecule has 0 bridgehead atoms. The van der Waals surface area contributed by atoms with Crippen molar-refractivity contribution in [1.82, 2.24) is 5.32 Å². The first-order valence-electron chi connectivity index (χ1n) is 5.58. The molecule has 1 aliphatic rings. The Morgan fingerprint density at radius 1 is 1.25 bits per heavy atom. The predicted octanol–water partition coefficient (Wildman–Crippen LogP) is 3.16. The van der Waals surface area contributed by atoms with Crippen LogP contribution < -0.4 is 5.32 Å². The van der Waals surface area contributed by atoms with E-state index in [1.165, 1.54) is 12.1 Å². The summed E-state index contributed by atoms with van der Waals surface area (Å²) < 4.78 is 26.2. The van der Waals surface area contributed by atoms with E-state index in [2.05, 4.69) is 17.5 Å². The van der Waals surface area contributed by atoms with Crippen molar-refractivity contribution in [2.75, 3.05) is 0 Å². The largest absolute Gasteiger partial charge is 0.309 e. The Morgan fingerprint density at radius 3 is 2.88 bits per heavy atom. The number of allylic oxidation sites excluding steroid dienone is 1. The van der Waals surface area contributed by atoms with E-state index in [1.807, 2.05) is 0 Å². The van der Waals surface area contributed by atoms with Crippen molar-refractivity contribution in [2.45, 2.75) is 31.8 Å². The monoisotopic (exact) mass is 223 g/mol. The third kappa shape index (κ3) is 2.89. The van der Waals surface area contributed by atoms with Crippen molar-refractivity contribution in [3.05, 3.63) is 47.5 Å². The number of hydrogen-bond donors (Lipinski definition) is 1. The van der Waals surface area contributed by atoms with E-state index in [0.29, 0.717) is 18.2 Å². The Kier molecular flexibility index (Phi) is 3.67. The summed E-state index contributed by atoms with van der Waals surface area (Å²) in [5.74, 6) is -0.734. The molecule has 1 atom stereocenters. The fourth-order valence-electron chi connectivity index (χ4n) is 1.91. The molecule has 0 aliphatic heterocycles. The number of hydrogen-bond acceptors (Lipinski definition) is 1. The maximum Gasteiger partial charge on any atom is 0.127 e. The number of halogens is 2. The predicted molar refractivity (Wildman–Crippen MR) is 60.0 cm³/mol. The highest BCUT2D eigenvalue weighted by atomic mass is 19.1. The van der Waals surface area contributed by atoms with E-state index in [-0.39, 0.29) is 11.6 Å². The van der Waals surface area contributed by atoms with E-state index >= 15 is 0 Å². The molecule has 0 spiro atoms. The van der Waals surface area contributed by atoms with Gasteiger partial charge in [-0.3, -0.25) is 0 Å². The lowest BCUT2D eigenvalue weighted by Crippen LogP contribution is -2.29. The first kappa shape index (κ1) is 11.3. The van der Waals surface area contributed by atoms with Crippen molar-refractivity contribution >= 4 is 0 Å². The summed E-state index contributed by atoms with van der Waals surface area (Å²) in [6.45, 7) is 0.391. The van der Waals surface area contributed by atoms with Crippen LogP contribution in [-0.4, -0.2) is 6.04 Å². The number of nitrogens with one attached hydrogen (secondary N) is 1. The molecule has 0 heterocycles. The van der Waals surface area contributed by atoms with Crippen LogP contribution >= 0.6 is 0 Å². The molecular weight excluding hydrogens is 208 g/mol. The fourth-order valence-corrected chi connectivity index (χ4v) is 1.91. The van der Waals surface area contributed by atoms with Crippen LogP contribution in [0.25, 0.3) is 0 Å². The van der Waals surface area contributed by atoms with Crippen molar-refractivity contribution < 1.29 is 8.78 Å². The molecule has 1 unspecified atom stereocenters. The molecule has 3 heteroatoms. The fraction of sp³-hybridized carbons (Fsp3) is 0.385. The molecule has 0 saturated carbocycles. The van der Waals surface area contributed by atoms with Gasteiger partial charge in [-0.1, -0.05) is 12.2 Å². The maximum atomic E-state index is 13.3. The molecule has 1 nitrogen and oxygen atoms in total. The van der Waals surface area contributed by atoms with Gasteiger partial charge >= 0.3 is 0 Å². The SMILES string of the molecule is Fc1ccc(F)c(CNC2CC=CCC2)c1. The van der Waals surface area contributed by atoms with E-state index in [1.54, 1.807) is 0 Å². The summed E-state index contributed by atoms with van der Waals surface area (Å²) >= 11 is 0. The van der Waals surface area contributed by atoms with Gasteiger partial charge in [0.05, 0.1) is 0 Å². The maximum absolute atomic E-state index is 13.3. The molecule has 0 saturated heterocycles. The van der Waals surface area contributed by atoms with Gasteiger partial charge < -0.3 is 5.32 Å². The molecule has 0 amide bonds. The number of benzene rings is 1. The summed E-state index contributed by atoms with van der Waals surface area (Å²) in [5.41, 5.74) is 0.398. The molecule has 1 aliphatic carbocycles. The van der Waals surface area contributed by atoms with Crippen LogP contribution in [0.2, 0.25) is 0 Å². The van der Waals surface area contributed by atoms with Crippen LogP contribution in [0.4, 0.5) is 8.78 Å². The van der Waals surface area contributed by atoms with Gasteiger partial charge in [-0.25, -0.2) is 8.78 Å². The molecule has 86 valence electrons. The summed E-state index contributed by atoms with van der Waals surface area (Å²) in [6, 6.07) is 3.95. The van der Waals surface area contributed by atoms with Gasteiger partial charge in [-0.2, -0.15) is 0 Å². The van der Waals surface area contributed by atoms with E-state index < -0.39 is 0 Å². The zero-order valence-electron chi connectivity index (χ0n) is 9.05. The van der Waals surface area contributed by atoms with Gasteiger partial charge in [0.2, 0.25) is 0 Å². The lowest BCUT2D eigenvalue weighted by molar-refractivity contribution is 0.464. The molecule has 1 N–H and O–H groups in total. The van der Waals surface area contributed by atoms with Gasteiger partial charge in [-0.05, 0) is 37.5 Å². The minimum absolute atomic E-state index is 0.347. The van der Waals surface area contributed by atoms with E-state index in [4.69, 9.17) is 0 Å². The van der Waals surface area contributed by atoms with Crippen molar-refractivity contribution in [2.24, 2.45) is 0 Å². The van der Waals surface area contributed by atoms with E-state index in [9.17, 15) is 8.78 Å². The Labute approximate surface area is 94.2 Å². The normalized spacial score (nSPS) is 20.0. The van der Waals surface area contributed by atoms with Crippen LogP contribution in [0.5, 0.6) is 0 Å². The first-order valence-corrected chi connectivity index (χ1v) is 5.58. The Bertz CT molecular complexity index is 388. The lowest BCUT2D eigenvalue weighted by Gasteiger charge is -2.19. The summed E-state index contributed by atoms with van der Waals surface area (Å²) in [5, 5.41) is 3.25. The molecule has 0 fully saturated rings. The highest BCUT2D eigenvalue weighted by molar-refractivity contribution is 5.18. The minimum atomic E-state index is -0.387. The van der Waals surface area contributed by atoms with Crippen molar-refractivity contribution in [3.63, 3.8) is 0 Å². The standard InChI is InChI=1S/C13H15F2N/c14-11-6-7-13(15)10(8-11)9-16-12-4-2-1-3-5-12/h1-2,6-8,12,16H,3-5,9H2. The zero-order valence-corrected chi connectivity index (χ0v) is 9.05. The highest BCUT2D eigenvalue weighted by Crippen LogP contribution is 2.13. The molecular formula is C13H15F2N. The molecule has 1 aromatic rings. The summed E-state index contributed by atoms with van der Waals surface area (Å²) in [4.78, 5) is 0. The first-order chi connectivity index (χ1) is 7.75. The zero-order chi connectivity index (χ0) is 11.4. The Morgan fingerprint density at radius 2 is 2.12 bits per heavy atom. The highest BCUT2D eigenvalue weighted by Gasteiger charge is 2.10. The van der Waals surface area contributed by atoms with Crippen LogP contribution in [0, 0.1) is 11.6 Å². The molecule has 2 rings (SSSR count). The molecule has 0 radical (unpaired) electrons. The smallest absolute Gasteiger partial charge is 0.127 e. The van der Waals surface area contributed by atoms with Gasteiger partial charge in [0, 0.05) is 18.2 Å². The van der Waals surface area contributed by atoms with Crippen LogP contribution in [0.3, 0.4) is 0 Å². The van der Waals surface area contributed by atoms with Crippen LogP contribution in [0.15, 0.2) is 30.4 Å². The molecule has 16 heavy (non-hydrogen) atoms. The average molecular weight is 223 g/mol. The van der Waals surface area contributed by atoms with Gasteiger partial charge in [0.15, 0.2) is 0 Å². The third-order valence-corrected chi connectivity index (χ3v) is 2.86. The summed E-state index contributed by atoms with van der Waals surface area (Å²) in [7, 11) is 0. The lowest BCUT2D eigenvalue weighted by atomic mass is 10.0. The van der Waals surface area contributed by atoms with Crippen LogP contribution in [0.1, 0.15) is 24.8 Å². The van der Waals surface area contributed by atoms with Gasteiger partial charge in [-0.15, -0.1) is 0 Å². The second-order valence-corrected chi connectivity index (χ2v) is 4.10. The van der Waals surface area contributed by atoms with Gasteiger partial charge in [0.25, 0.3) is 0 Å². The average Bonchev–Trinajstić information content (AvgIpc) is 2.32. The second kappa shape index (κ2) is 5.21. The topological polar surface area (TPSA) is 12.0 Å². The van der Waals surface area contributed by atoms with Crippen molar-refractivity contribution in [3.8, 4) is 0 Å². The quantitative estimate of drug-likeness (QED) is 0.776. The second-order valence-electron chi connectivity index (χ2n) is 4.10. The molecule has 0 aromatic heterocycles. The Hall–Kier alpha value is -1.22. The summed E-state index contributed by atoms with van der Waals surface area (Å²) in [6.07, 6.45) is 7.37. The van der Waals surface area contributed by atoms with Crippen LogP contribution in [-0.2, 0) is 6.54 Å². The Balaban J connectivity index is 1.93. The van der Waals surface area contributed by atoms with Gasteiger partial charge in [0.1, 0.15) is 11.6 Å². The molecule has 1 aromatic carbocycles.